The van der Waals surface area contributed by atoms with E-state index in [4.69, 9.17) is 15.7 Å². The van der Waals surface area contributed by atoms with Crippen LogP contribution in [0.1, 0.15) is 21.6 Å². The van der Waals surface area contributed by atoms with Crippen molar-refractivity contribution < 1.29 is 31.5 Å². The molecule has 178 valence electrons. The van der Waals surface area contributed by atoms with Gasteiger partial charge >= 0.3 is 6.36 Å². The lowest BCUT2D eigenvalue weighted by atomic mass is 9.59. The minimum Gasteiger partial charge on any atom is -0.403 e. The molecule has 0 bridgehead atoms. The third-order valence-corrected chi connectivity index (χ3v) is 5.86. The number of hydrogen-bond donors (Lipinski definition) is 0. The number of fused-ring (bicyclic) bond motifs is 2. The van der Waals surface area contributed by atoms with E-state index in [1.54, 1.807) is 0 Å². The van der Waals surface area contributed by atoms with Crippen molar-refractivity contribution in [3.63, 3.8) is 0 Å². The Morgan fingerprint density at radius 1 is 1.08 bits per heavy atom. The quantitative estimate of drug-likeness (QED) is 0.319. The van der Waals surface area contributed by atoms with Gasteiger partial charge in [-0.15, -0.1) is 13.2 Å². The lowest BCUT2D eigenvalue weighted by Gasteiger charge is -2.33. The maximum Gasteiger partial charge on any atom is 0.573 e. The molecular formula is C23H13B2F5N4O2. The van der Waals surface area contributed by atoms with E-state index >= 15 is 8.78 Å². The standard InChI is InChI=1S/C23H13B2F5N4O2/c1-33-9-14-12(4-5-18(19(14)32-33)36-23(28,29)30)11-7-16(26)15(17(27)8-11)10-34-21(35)13-3-2-6-31-20(13)22(34,24)25/h2-9H,10H2,1H3. The average Bonchev–Trinajstić information content (AvgIpc) is 3.26. The number of alkyl halides is 3. The molecule has 0 unspecified atom stereocenters. The van der Waals surface area contributed by atoms with Gasteiger partial charge in [-0.3, -0.25) is 14.5 Å². The fourth-order valence-corrected chi connectivity index (χ4v) is 4.26. The second-order valence-corrected chi connectivity index (χ2v) is 8.26. The summed E-state index contributed by atoms with van der Waals surface area (Å²) < 4.78 is 74.0. The molecule has 36 heavy (non-hydrogen) atoms. The highest BCUT2D eigenvalue weighted by atomic mass is 19.4. The number of carbonyl (C=O) groups is 1. The Labute approximate surface area is 203 Å². The highest BCUT2D eigenvalue weighted by Gasteiger charge is 2.43. The molecule has 5 rings (SSSR count). The normalized spacial score (nSPS) is 14.9. The van der Waals surface area contributed by atoms with Crippen molar-refractivity contribution in [2.45, 2.75) is 18.2 Å². The lowest BCUT2D eigenvalue weighted by molar-refractivity contribution is -0.274. The molecule has 4 aromatic rings. The van der Waals surface area contributed by atoms with Crippen LogP contribution in [0.5, 0.6) is 5.75 Å². The summed E-state index contributed by atoms with van der Waals surface area (Å²) in [6.45, 7) is -0.583. The van der Waals surface area contributed by atoms with E-state index in [1.165, 1.54) is 42.3 Å². The molecular weight excluding hydrogens is 481 g/mol. The van der Waals surface area contributed by atoms with Crippen LogP contribution < -0.4 is 4.74 Å². The van der Waals surface area contributed by atoms with Gasteiger partial charge in [0.05, 0.1) is 33.5 Å². The van der Waals surface area contributed by atoms with Crippen LogP contribution in [0.3, 0.4) is 0 Å². The predicted molar refractivity (Wildman–Crippen MR) is 120 cm³/mol. The molecule has 0 saturated heterocycles. The summed E-state index contributed by atoms with van der Waals surface area (Å²) in [7, 11) is 13.7. The number of halogens is 5. The van der Waals surface area contributed by atoms with E-state index in [1.807, 2.05) is 0 Å². The topological polar surface area (TPSA) is 60.3 Å². The van der Waals surface area contributed by atoms with Crippen molar-refractivity contribution in [2.75, 3.05) is 0 Å². The van der Waals surface area contributed by atoms with E-state index in [-0.39, 0.29) is 33.3 Å². The Morgan fingerprint density at radius 3 is 2.42 bits per heavy atom. The van der Waals surface area contributed by atoms with Crippen LogP contribution in [0.25, 0.3) is 22.0 Å². The van der Waals surface area contributed by atoms with E-state index in [2.05, 4.69) is 14.8 Å². The molecule has 0 fully saturated rings. The molecule has 0 saturated carbocycles. The molecule has 2 aromatic carbocycles. The zero-order chi connectivity index (χ0) is 26.0. The van der Waals surface area contributed by atoms with Gasteiger partial charge < -0.3 is 9.64 Å². The SMILES string of the molecule is [B]C1([B])c2ncccc2C(=O)N1Cc1c(F)cc(-c2ccc(OC(F)(F)F)c3nn(C)cc23)cc1F. The maximum absolute atomic E-state index is 15.2. The number of aromatic nitrogens is 3. The van der Waals surface area contributed by atoms with Crippen LogP contribution in [0.4, 0.5) is 22.0 Å². The van der Waals surface area contributed by atoms with Gasteiger partial charge in [0.1, 0.15) is 17.2 Å². The average molecular weight is 494 g/mol. The number of amides is 1. The van der Waals surface area contributed by atoms with Crippen LogP contribution in [0, 0.1) is 11.6 Å². The molecule has 4 radical (unpaired) electrons. The van der Waals surface area contributed by atoms with E-state index in [9.17, 15) is 18.0 Å². The Kier molecular flexibility index (Phi) is 5.34. The third kappa shape index (κ3) is 3.88. The molecule has 3 heterocycles. The number of hydrogen-bond acceptors (Lipinski definition) is 4. The Morgan fingerprint density at radius 2 is 1.78 bits per heavy atom. The van der Waals surface area contributed by atoms with Gasteiger partial charge in [0.2, 0.25) is 0 Å². The maximum atomic E-state index is 15.2. The van der Waals surface area contributed by atoms with E-state index in [0.717, 1.165) is 23.1 Å². The number of nitrogens with zero attached hydrogens (tertiary/aromatic N) is 4. The third-order valence-electron chi connectivity index (χ3n) is 5.86. The van der Waals surface area contributed by atoms with Crippen LogP contribution >= 0.6 is 0 Å². The van der Waals surface area contributed by atoms with E-state index in [0.29, 0.717) is 0 Å². The zero-order valence-corrected chi connectivity index (χ0v) is 18.5. The number of rotatable bonds is 4. The summed E-state index contributed by atoms with van der Waals surface area (Å²) in [6, 6.07) is 7.25. The smallest absolute Gasteiger partial charge is 0.403 e. The summed E-state index contributed by atoms with van der Waals surface area (Å²) in [5.74, 6) is -3.21. The molecule has 1 aliphatic heterocycles. The molecule has 13 heteroatoms. The number of pyridine rings is 1. The van der Waals surface area contributed by atoms with Crippen molar-refractivity contribution in [3.05, 3.63) is 77.2 Å². The molecule has 6 nitrogen and oxygen atoms in total. The highest BCUT2D eigenvalue weighted by Crippen LogP contribution is 2.38. The molecule has 0 spiro atoms. The second-order valence-electron chi connectivity index (χ2n) is 8.26. The lowest BCUT2D eigenvalue weighted by Crippen LogP contribution is -2.45. The van der Waals surface area contributed by atoms with Gasteiger partial charge in [-0.25, -0.2) is 8.78 Å². The molecule has 1 amide bonds. The summed E-state index contributed by atoms with van der Waals surface area (Å²) in [5.41, 5.74) is -0.152. The van der Waals surface area contributed by atoms with Crippen molar-refractivity contribution in [1.82, 2.24) is 19.7 Å². The van der Waals surface area contributed by atoms with Crippen LogP contribution in [-0.2, 0) is 18.9 Å². The molecule has 1 aliphatic rings. The molecule has 2 aromatic heterocycles. The number of carbonyl (C=O) groups excluding carboxylic acids is 1. The molecule has 0 aliphatic carbocycles. The van der Waals surface area contributed by atoms with Crippen LogP contribution in [-0.4, -0.2) is 47.6 Å². The van der Waals surface area contributed by atoms with Gasteiger partial charge in [0.15, 0.2) is 5.75 Å². The van der Waals surface area contributed by atoms with Crippen LogP contribution in [0.2, 0.25) is 0 Å². The summed E-state index contributed by atoms with van der Waals surface area (Å²) in [4.78, 5) is 17.7. The Hall–Kier alpha value is -3.89. The van der Waals surface area contributed by atoms with Crippen molar-refractivity contribution in [2.24, 2.45) is 7.05 Å². The highest BCUT2D eigenvalue weighted by molar-refractivity contribution is 6.42. The number of benzene rings is 2. The fourth-order valence-electron chi connectivity index (χ4n) is 4.26. The van der Waals surface area contributed by atoms with Crippen molar-refractivity contribution in [3.8, 4) is 16.9 Å². The van der Waals surface area contributed by atoms with Gasteiger partial charge in [0, 0.05) is 35.7 Å². The number of ether oxygens (including phenoxy) is 1. The summed E-state index contributed by atoms with van der Waals surface area (Å²) in [6.07, 6.45) is -2.15. The molecule has 0 atom stereocenters. The van der Waals surface area contributed by atoms with Crippen molar-refractivity contribution >= 4 is 32.5 Å². The monoisotopic (exact) mass is 494 g/mol. The van der Waals surface area contributed by atoms with Gasteiger partial charge in [0.25, 0.3) is 5.91 Å². The molecule has 0 N–H and O–H groups in total. The first kappa shape index (κ1) is 23.8. The van der Waals surface area contributed by atoms with Gasteiger partial charge in [-0.05, 0) is 47.5 Å². The van der Waals surface area contributed by atoms with E-state index < -0.39 is 47.1 Å². The summed E-state index contributed by atoms with van der Waals surface area (Å²) in [5, 5.41) is 2.28. The van der Waals surface area contributed by atoms with Crippen LogP contribution in [0.15, 0.2) is 48.8 Å². The van der Waals surface area contributed by atoms with Gasteiger partial charge in [-0.2, -0.15) is 5.10 Å². The minimum absolute atomic E-state index is 0.0368. The predicted octanol–water partition coefficient (Wildman–Crippen LogP) is 3.92. The van der Waals surface area contributed by atoms with Crippen molar-refractivity contribution in [1.29, 1.82) is 0 Å². The number of aryl methyl sites for hydroxylation is 1. The minimum atomic E-state index is -4.95. The Balaban J connectivity index is 1.53. The zero-order valence-electron chi connectivity index (χ0n) is 18.5. The Bertz CT molecular complexity index is 1510. The fraction of sp³-hybridized carbons (Fsp3) is 0.174. The first-order valence-corrected chi connectivity index (χ1v) is 10.4. The first-order chi connectivity index (χ1) is 16.9. The summed E-state index contributed by atoms with van der Waals surface area (Å²) >= 11 is 0. The first-order valence-electron chi connectivity index (χ1n) is 10.4. The van der Waals surface area contributed by atoms with Gasteiger partial charge in [-0.1, -0.05) is 0 Å². The second kappa shape index (κ2) is 8.07. The largest absolute Gasteiger partial charge is 0.573 e.